The maximum absolute atomic E-state index is 14.0. The smallest absolute Gasteiger partial charge is 0.269 e. The molecule has 1 saturated carbocycles. The van der Waals surface area contributed by atoms with Crippen LogP contribution in [-0.4, -0.2) is 54.0 Å². The quantitative estimate of drug-likeness (QED) is 0.333. The van der Waals surface area contributed by atoms with Gasteiger partial charge >= 0.3 is 0 Å². The van der Waals surface area contributed by atoms with Gasteiger partial charge in [-0.25, -0.2) is 12.7 Å². The molecule has 2 aliphatic rings. The molecule has 5 rings (SSSR count). The molecule has 3 aromatic rings. The van der Waals surface area contributed by atoms with Gasteiger partial charge in [-0.05, 0) is 49.4 Å². The monoisotopic (exact) mass is 601 g/mol. The first-order chi connectivity index (χ1) is 20.7. The van der Waals surface area contributed by atoms with Gasteiger partial charge in [0.25, 0.3) is 15.9 Å². The second-order valence-electron chi connectivity index (χ2n) is 11.5. The number of hydrogen-bond donors (Lipinski definition) is 1. The van der Waals surface area contributed by atoms with Gasteiger partial charge in [0.15, 0.2) is 0 Å². The lowest BCUT2D eigenvalue weighted by molar-refractivity contribution is -0.141. The second kappa shape index (κ2) is 13.5. The average molecular weight is 602 g/mol. The highest BCUT2D eigenvalue weighted by Crippen LogP contribution is 2.30. The standard InChI is InChI=1S/C34H39N3O5S/c1-25-12-10-15-27(22-25)24-36(30(23-26-13-4-2-5-14-26)33(39)35-28-16-6-3-7-17-28)32(38)20-11-21-37-34(40)29-18-8-9-19-31(29)43(37,41)42/h2,4-5,8-10,12-15,18-19,22,28,30H,3,6-7,11,16-17,20-21,23-24H2,1H3,(H,35,39)/t30-/m1/s1. The number of sulfonamides is 1. The fraction of sp³-hybridized carbons (Fsp3) is 0.382. The van der Waals surface area contributed by atoms with Gasteiger partial charge in [-0.1, -0.05) is 91.6 Å². The summed E-state index contributed by atoms with van der Waals surface area (Å²) in [6.07, 6.45) is 5.65. The van der Waals surface area contributed by atoms with Crippen molar-refractivity contribution in [2.45, 2.75) is 81.8 Å². The number of nitrogens with zero attached hydrogens (tertiary/aromatic N) is 2. The van der Waals surface area contributed by atoms with Crippen molar-refractivity contribution in [3.8, 4) is 0 Å². The van der Waals surface area contributed by atoms with Crippen molar-refractivity contribution in [2.75, 3.05) is 6.54 Å². The van der Waals surface area contributed by atoms with E-state index in [0.717, 1.165) is 53.1 Å². The van der Waals surface area contributed by atoms with Gasteiger partial charge in [0.05, 0.1) is 5.56 Å². The summed E-state index contributed by atoms with van der Waals surface area (Å²) < 4.78 is 26.9. The van der Waals surface area contributed by atoms with Crippen LogP contribution in [0.5, 0.6) is 0 Å². The maximum Gasteiger partial charge on any atom is 0.269 e. The Balaban J connectivity index is 1.37. The summed E-state index contributed by atoms with van der Waals surface area (Å²) in [5.41, 5.74) is 3.05. The van der Waals surface area contributed by atoms with Crippen LogP contribution in [-0.2, 0) is 32.6 Å². The Kier molecular flexibility index (Phi) is 9.60. The van der Waals surface area contributed by atoms with Gasteiger partial charge in [-0.2, -0.15) is 0 Å². The predicted molar refractivity (Wildman–Crippen MR) is 165 cm³/mol. The van der Waals surface area contributed by atoms with Crippen molar-refractivity contribution < 1.29 is 22.8 Å². The van der Waals surface area contributed by atoms with E-state index in [9.17, 15) is 22.8 Å². The van der Waals surface area contributed by atoms with Crippen LogP contribution in [0.1, 0.15) is 72.0 Å². The highest BCUT2D eigenvalue weighted by Gasteiger charge is 2.40. The molecule has 0 aromatic heterocycles. The van der Waals surface area contributed by atoms with E-state index in [4.69, 9.17) is 0 Å². The molecule has 1 aliphatic carbocycles. The Hall–Kier alpha value is -3.98. The zero-order valence-electron chi connectivity index (χ0n) is 24.6. The normalized spacial score (nSPS) is 16.9. The van der Waals surface area contributed by atoms with Gasteiger partial charge in [-0.15, -0.1) is 0 Å². The number of benzene rings is 3. The third-order valence-electron chi connectivity index (χ3n) is 8.32. The van der Waals surface area contributed by atoms with Crippen molar-refractivity contribution in [1.29, 1.82) is 0 Å². The van der Waals surface area contributed by atoms with Crippen molar-refractivity contribution in [1.82, 2.24) is 14.5 Å². The van der Waals surface area contributed by atoms with Crippen molar-refractivity contribution >= 4 is 27.7 Å². The predicted octanol–water partition coefficient (Wildman–Crippen LogP) is 5.01. The van der Waals surface area contributed by atoms with E-state index in [1.165, 1.54) is 12.1 Å². The minimum Gasteiger partial charge on any atom is -0.352 e. The molecule has 1 N–H and O–H groups in total. The fourth-order valence-electron chi connectivity index (χ4n) is 6.08. The van der Waals surface area contributed by atoms with E-state index in [1.807, 2.05) is 61.5 Å². The zero-order chi connectivity index (χ0) is 30.4. The van der Waals surface area contributed by atoms with Crippen LogP contribution in [0.25, 0.3) is 0 Å². The largest absolute Gasteiger partial charge is 0.352 e. The molecule has 43 heavy (non-hydrogen) atoms. The Labute approximate surface area is 254 Å². The summed E-state index contributed by atoms with van der Waals surface area (Å²) in [7, 11) is -3.96. The Bertz CT molecular complexity index is 1570. The van der Waals surface area contributed by atoms with Crippen LogP contribution in [0.3, 0.4) is 0 Å². The number of nitrogens with one attached hydrogen (secondary N) is 1. The lowest BCUT2D eigenvalue weighted by Crippen LogP contribution is -2.53. The average Bonchev–Trinajstić information content (AvgIpc) is 3.20. The highest BCUT2D eigenvalue weighted by molar-refractivity contribution is 7.90. The molecule has 1 fully saturated rings. The molecule has 0 saturated heterocycles. The van der Waals surface area contributed by atoms with Crippen LogP contribution < -0.4 is 5.32 Å². The van der Waals surface area contributed by atoms with Crippen LogP contribution in [0.15, 0.2) is 83.8 Å². The third-order valence-corrected chi connectivity index (χ3v) is 10.2. The molecular formula is C34H39N3O5S. The number of carbonyl (C=O) groups is 3. The Morgan fingerprint density at radius 3 is 2.35 bits per heavy atom. The first kappa shape index (κ1) is 30.5. The lowest BCUT2D eigenvalue weighted by Gasteiger charge is -2.33. The minimum absolute atomic E-state index is 0.00490. The number of aryl methyl sites for hydroxylation is 1. The van der Waals surface area contributed by atoms with E-state index >= 15 is 0 Å². The molecule has 9 heteroatoms. The molecule has 0 spiro atoms. The van der Waals surface area contributed by atoms with Crippen molar-refractivity contribution in [2.24, 2.45) is 0 Å². The third kappa shape index (κ3) is 7.16. The molecule has 1 aliphatic heterocycles. The lowest BCUT2D eigenvalue weighted by atomic mass is 9.94. The summed E-state index contributed by atoms with van der Waals surface area (Å²) in [5.74, 6) is -1.01. The van der Waals surface area contributed by atoms with E-state index in [-0.39, 0.29) is 54.2 Å². The van der Waals surface area contributed by atoms with Crippen molar-refractivity contribution in [3.05, 3.63) is 101 Å². The number of amides is 3. The maximum atomic E-state index is 14.0. The van der Waals surface area contributed by atoms with Gasteiger partial charge < -0.3 is 10.2 Å². The number of rotatable bonds is 11. The summed E-state index contributed by atoms with van der Waals surface area (Å²) in [6, 6.07) is 23.0. The molecule has 0 radical (unpaired) electrons. The molecular weight excluding hydrogens is 562 g/mol. The van der Waals surface area contributed by atoms with Crippen LogP contribution in [0, 0.1) is 6.92 Å². The van der Waals surface area contributed by atoms with E-state index in [0.29, 0.717) is 6.42 Å². The first-order valence-electron chi connectivity index (χ1n) is 15.1. The molecule has 0 unspecified atom stereocenters. The molecule has 0 bridgehead atoms. The topological polar surface area (TPSA) is 104 Å². The first-order valence-corrected chi connectivity index (χ1v) is 16.5. The van der Waals surface area contributed by atoms with Crippen LogP contribution >= 0.6 is 0 Å². The van der Waals surface area contributed by atoms with Gasteiger partial charge in [0, 0.05) is 32.0 Å². The highest BCUT2D eigenvalue weighted by atomic mass is 32.2. The summed E-state index contributed by atoms with van der Waals surface area (Å²) in [6.45, 7) is 2.11. The number of fused-ring (bicyclic) bond motifs is 1. The number of carbonyl (C=O) groups excluding carboxylic acids is 3. The molecule has 8 nitrogen and oxygen atoms in total. The SMILES string of the molecule is Cc1cccc(CN(C(=O)CCCN2C(=O)c3ccccc3S2(=O)=O)[C@H](Cc2ccccc2)C(=O)NC2CCCCC2)c1. The zero-order valence-corrected chi connectivity index (χ0v) is 25.4. The Morgan fingerprint density at radius 2 is 1.63 bits per heavy atom. The van der Waals surface area contributed by atoms with Gasteiger partial charge in [0.2, 0.25) is 11.8 Å². The van der Waals surface area contributed by atoms with Crippen molar-refractivity contribution in [3.63, 3.8) is 0 Å². The van der Waals surface area contributed by atoms with E-state index in [2.05, 4.69) is 5.32 Å². The van der Waals surface area contributed by atoms with Crippen LogP contribution in [0.4, 0.5) is 0 Å². The molecule has 1 atom stereocenters. The minimum atomic E-state index is -3.96. The second-order valence-corrected chi connectivity index (χ2v) is 13.4. The summed E-state index contributed by atoms with van der Waals surface area (Å²) in [5, 5.41) is 3.23. The molecule has 1 heterocycles. The Morgan fingerprint density at radius 1 is 0.930 bits per heavy atom. The summed E-state index contributed by atoms with van der Waals surface area (Å²) in [4.78, 5) is 42.4. The van der Waals surface area contributed by atoms with Gasteiger partial charge in [-0.3, -0.25) is 14.4 Å². The van der Waals surface area contributed by atoms with E-state index in [1.54, 1.807) is 17.0 Å². The number of hydrogen-bond acceptors (Lipinski definition) is 5. The molecule has 226 valence electrons. The molecule has 3 amide bonds. The van der Waals surface area contributed by atoms with Gasteiger partial charge in [0.1, 0.15) is 10.9 Å². The van der Waals surface area contributed by atoms with E-state index < -0.39 is 22.0 Å². The molecule has 3 aromatic carbocycles. The van der Waals surface area contributed by atoms with Crippen LogP contribution in [0.2, 0.25) is 0 Å². The fourth-order valence-corrected chi connectivity index (χ4v) is 7.68. The summed E-state index contributed by atoms with van der Waals surface area (Å²) >= 11 is 0.